The zero-order valence-corrected chi connectivity index (χ0v) is 13.2. The van der Waals surface area contributed by atoms with Crippen molar-refractivity contribution in [3.05, 3.63) is 71.6 Å². The van der Waals surface area contributed by atoms with Crippen LogP contribution in [0, 0.1) is 6.92 Å². The van der Waals surface area contributed by atoms with Crippen LogP contribution in [0.5, 0.6) is 5.75 Å². The minimum atomic E-state index is -0.869. The van der Waals surface area contributed by atoms with Gasteiger partial charge in [0.25, 0.3) is 0 Å². The molecule has 3 aromatic rings. The highest BCUT2D eigenvalue weighted by Crippen LogP contribution is 2.23. The molecular weight excluding hydrogens is 306 g/mol. The molecule has 0 unspecified atom stereocenters. The zero-order valence-electron chi connectivity index (χ0n) is 13.2. The highest BCUT2D eigenvalue weighted by molar-refractivity contribution is 5.70. The molecule has 0 fully saturated rings. The third kappa shape index (κ3) is 3.81. The number of rotatable bonds is 6. The van der Waals surface area contributed by atoms with E-state index in [0.717, 1.165) is 11.3 Å². The van der Waals surface area contributed by atoms with Gasteiger partial charge in [0, 0.05) is 5.56 Å². The number of hydrogen-bond acceptors (Lipinski definition) is 4. The molecule has 0 saturated heterocycles. The Morgan fingerprint density at radius 1 is 1.17 bits per heavy atom. The molecule has 24 heavy (non-hydrogen) atoms. The summed E-state index contributed by atoms with van der Waals surface area (Å²) < 4.78 is 11.4. The molecule has 5 heteroatoms. The van der Waals surface area contributed by atoms with Gasteiger partial charge < -0.3 is 14.3 Å². The summed E-state index contributed by atoms with van der Waals surface area (Å²) in [7, 11) is 0. The number of oxazole rings is 1. The standard InChI is InChI=1S/C19H17NO4/c1-13-17(20-19(24-13)15-7-3-2-4-8-15)12-23-16-9-5-6-14(10-16)11-18(21)22/h2-10H,11-12H2,1H3,(H,21,22). The molecule has 0 aliphatic heterocycles. The summed E-state index contributed by atoms with van der Waals surface area (Å²) in [5.74, 6) is 1.01. The maximum Gasteiger partial charge on any atom is 0.307 e. The number of aryl methyl sites for hydroxylation is 1. The Labute approximate surface area is 139 Å². The van der Waals surface area contributed by atoms with Crippen molar-refractivity contribution < 1.29 is 19.1 Å². The van der Waals surface area contributed by atoms with Crippen LogP contribution in [0.4, 0.5) is 0 Å². The van der Waals surface area contributed by atoms with E-state index in [1.807, 2.05) is 37.3 Å². The summed E-state index contributed by atoms with van der Waals surface area (Å²) in [6.45, 7) is 2.11. The van der Waals surface area contributed by atoms with Gasteiger partial charge in [0.2, 0.25) is 5.89 Å². The molecule has 122 valence electrons. The second-order valence-electron chi connectivity index (χ2n) is 5.39. The highest BCUT2D eigenvalue weighted by Gasteiger charge is 2.12. The molecule has 0 radical (unpaired) electrons. The van der Waals surface area contributed by atoms with Gasteiger partial charge in [-0.15, -0.1) is 0 Å². The van der Waals surface area contributed by atoms with Gasteiger partial charge in [0.05, 0.1) is 6.42 Å². The van der Waals surface area contributed by atoms with Gasteiger partial charge in [-0.2, -0.15) is 0 Å². The van der Waals surface area contributed by atoms with Crippen molar-refractivity contribution in [1.82, 2.24) is 4.98 Å². The molecule has 2 aromatic carbocycles. The third-order valence-electron chi connectivity index (χ3n) is 3.54. The second-order valence-corrected chi connectivity index (χ2v) is 5.39. The van der Waals surface area contributed by atoms with Gasteiger partial charge in [-0.3, -0.25) is 4.79 Å². The molecule has 1 aromatic heterocycles. The number of carboxylic acid groups (broad SMARTS) is 1. The molecule has 1 heterocycles. The molecule has 0 atom stereocenters. The Balaban J connectivity index is 1.71. The predicted octanol–water partition coefficient (Wildman–Crippen LogP) is 3.86. The summed E-state index contributed by atoms with van der Waals surface area (Å²) in [5, 5.41) is 8.85. The van der Waals surface area contributed by atoms with E-state index in [1.165, 1.54) is 0 Å². The monoisotopic (exact) mass is 323 g/mol. The van der Waals surface area contributed by atoms with Gasteiger partial charge in [-0.25, -0.2) is 4.98 Å². The van der Waals surface area contributed by atoms with Crippen LogP contribution < -0.4 is 4.74 Å². The first kappa shape index (κ1) is 15.8. The largest absolute Gasteiger partial charge is 0.487 e. The lowest BCUT2D eigenvalue weighted by Gasteiger charge is -2.06. The normalized spacial score (nSPS) is 10.5. The minimum absolute atomic E-state index is 0.0294. The first-order valence-corrected chi connectivity index (χ1v) is 7.57. The van der Waals surface area contributed by atoms with Gasteiger partial charge in [0.1, 0.15) is 23.8 Å². The van der Waals surface area contributed by atoms with Crippen LogP contribution in [-0.4, -0.2) is 16.1 Å². The second kappa shape index (κ2) is 7.00. The molecule has 0 aliphatic rings. The van der Waals surface area contributed by atoms with Crippen molar-refractivity contribution >= 4 is 5.97 Å². The zero-order chi connectivity index (χ0) is 16.9. The van der Waals surface area contributed by atoms with E-state index in [1.54, 1.807) is 24.3 Å². The van der Waals surface area contributed by atoms with Crippen LogP contribution in [-0.2, 0) is 17.8 Å². The first-order valence-electron chi connectivity index (χ1n) is 7.57. The Hall–Kier alpha value is -3.08. The fraction of sp³-hybridized carbons (Fsp3) is 0.158. The van der Waals surface area contributed by atoms with E-state index in [9.17, 15) is 4.79 Å². The van der Waals surface area contributed by atoms with Crippen LogP contribution in [0.15, 0.2) is 59.0 Å². The maximum absolute atomic E-state index is 10.8. The number of carboxylic acids is 1. The molecule has 5 nitrogen and oxygen atoms in total. The van der Waals surface area contributed by atoms with Gasteiger partial charge in [0.15, 0.2) is 0 Å². The fourth-order valence-electron chi connectivity index (χ4n) is 2.34. The topological polar surface area (TPSA) is 72.6 Å². The minimum Gasteiger partial charge on any atom is -0.487 e. The Morgan fingerprint density at radius 2 is 1.96 bits per heavy atom. The van der Waals surface area contributed by atoms with E-state index in [4.69, 9.17) is 14.3 Å². The molecule has 0 spiro atoms. The summed E-state index contributed by atoms with van der Waals surface area (Å²) in [4.78, 5) is 15.3. The van der Waals surface area contributed by atoms with E-state index in [2.05, 4.69) is 4.98 Å². The summed E-state index contributed by atoms with van der Waals surface area (Å²) in [6, 6.07) is 16.7. The number of aromatic nitrogens is 1. The van der Waals surface area contributed by atoms with Crippen LogP contribution in [0.25, 0.3) is 11.5 Å². The average molecular weight is 323 g/mol. The van der Waals surface area contributed by atoms with Crippen LogP contribution in [0.3, 0.4) is 0 Å². The lowest BCUT2D eigenvalue weighted by molar-refractivity contribution is -0.136. The lowest BCUT2D eigenvalue weighted by atomic mass is 10.1. The number of ether oxygens (including phenoxy) is 1. The molecule has 0 saturated carbocycles. The van der Waals surface area contributed by atoms with Crippen molar-refractivity contribution in [2.45, 2.75) is 20.0 Å². The third-order valence-corrected chi connectivity index (χ3v) is 3.54. The van der Waals surface area contributed by atoms with Crippen molar-refractivity contribution in [2.75, 3.05) is 0 Å². The SMILES string of the molecule is Cc1oc(-c2ccccc2)nc1COc1cccc(CC(=O)O)c1. The smallest absolute Gasteiger partial charge is 0.307 e. The Kier molecular flexibility index (Phi) is 4.61. The number of carbonyl (C=O) groups is 1. The molecule has 1 N–H and O–H groups in total. The van der Waals surface area contributed by atoms with Gasteiger partial charge >= 0.3 is 5.97 Å². The van der Waals surface area contributed by atoms with Crippen molar-refractivity contribution in [2.24, 2.45) is 0 Å². The van der Waals surface area contributed by atoms with E-state index in [-0.39, 0.29) is 13.0 Å². The number of benzene rings is 2. The van der Waals surface area contributed by atoms with Gasteiger partial charge in [-0.1, -0.05) is 30.3 Å². The van der Waals surface area contributed by atoms with Crippen LogP contribution in [0.2, 0.25) is 0 Å². The first-order chi connectivity index (χ1) is 11.6. The Morgan fingerprint density at radius 3 is 2.71 bits per heavy atom. The molecule has 0 aliphatic carbocycles. The average Bonchev–Trinajstić information content (AvgIpc) is 2.94. The van der Waals surface area contributed by atoms with Crippen molar-refractivity contribution in [3.63, 3.8) is 0 Å². The van der Waals surface area contributed by atoms with Crippen molar-refractivity contribution in [1.29, 1.82) is 0 Å². The van der Waals surface area contributed by atoms with Crippen LogP contribution >= 0.6 is 0 Å². The summed E-state index contributed by atoms with van der Waals surface area (Å²) in [6.07, 6.45) is -0.0294. The molecular formula is C19H17NO4. The number of hydrogen-bond donors (Lipinski definition) is 1. The lowest BCUT2D eigenvalue weighted by Crippen LogP contribution is -2.01. The number of nitrogens with zero attached hydrogens (tertiary/aromatic N) is 1. The van der Waals surface area contributed by atoms with E-state index < -0.39 is 5.97 Å². The van der Waals surface area contributed by atoms with E-state index >= 15 is 0 Å². The quantitative estimate of drug-likeness (QED) is 0.746. The summed E-state index contributed by atoms with van der Waals surface area (Å²) in [5.41, 5.74) is 2.33. The summed E-state index contributed by atoms with van der Waals surface area (Å²) >= 11 is 0. The van der Waals surface area contributed by atoms with Crippen LogP contribution in [0.1, 0.15) is 17.0 Å². The number of aliphatic carboxylic acids is 1. The van der Waals surface area contributed by atoms with Crippen molar-refractivity contribution in [3.8, 4) is 17.2 Å². The van der Waals surface area contributed by atoms with Gasteiger partial charge in [-0.05, 0) is 36.8 Å². The molecule has 0 bridgehead atoms. The molecule has 3 rings (SSSR count). The predicted molar refractivity (Wildman–Crippen MR) is 88.8 cm³/mol. The fourth-order valence-corrected chi connectivity index (χ4v) is 2.34. The maximum atomic E-state index is 10.8. The van der Waals surface area contributed by atoms with E-state index in [0.29, 0.717) is 23.0 Å². The Bertz CT molecular complexity index is 840. The molecule has 0 amide bonds. The highest BCUT2D eigenvalue weighted by atomic mass is 16.5.